The second kappa shape index (κ2) is 6.32. The molecule has 1 atom stereocenters. The number of halogens is 1. The van der Waals surface area contributed by atoms with E-state index in [1.807, 2.05) is 16.1 Å². The molecule has 1 unspecified atom stereocenters. The Hall–Kier alpha value is -1.79. The van der Waals surface area contributed by atoms with Gasteiger partial charge in [0, 0.05) is 23.7 Å². The van der Waals surface area contributed by atoms with Crippen molar-refractivity contribution in [2.75, 3.05) is 13.1 Å². The van der Waals surface area contributed by atoms with Crippen molar-refractivity contribution in [3.8, 4) is 0 Å². The molecule has 21 heavy (non-hydrogen) atoms. The number of nitrogens with zero attached hydrogens (tertiary/aromatic N) is 2. The van der Waals surface area contributed by atoms with E-state index in [0.29, 0.717) is 23.5 Å². The monoisotopic (exact) mass is 305 g/mol. The average Bonchev–Trinajstić information content (AvgIpc) is 3.13. The predicted octanol–water partition coefficient (Wildman–Crippen LogP) is 1.77. The van der Waals surface area contributed by atoms with Gasteiger partial charge in [0.2, 0.25) is 0 Å². The normalized spacial score (nSPS) is 19.1. The van der Waals surface area contributed by atoms with Gasteiger partial charge < -0.3 is 9.88 Å². The third-order valence-corrected chi connectivity index (χ3v) is 4.37. The maximum atomic E-state index is 13.7. The average molecular weight is 305 g/mol. The van der Waals surface area contributed by atoms with Gasteiger partial charge in [0.1, 0.15) is 5.82 Å². The van der Waals surface area contributed by atoms with E-state index < -0.39 is 0 Å². The zero-order valence-corrected chi connectivity index (χ0v) is 12.3. The SMILES string of the molecule is O=C(N=c1sccn1Cc1ccccc1F)C1CCNC1. The Morgan fingerprint density at radius 2 is 2.33 bits per heavy atom. The molecule has 0 saturated carbocycles. The summed E-state index contributed by atoms with van der Waals surface area (Å²) in [6.07, 6.45) is 2.66. The quantitative estimate of drug-likeness (QED) is 0.939. The van der Waals surface area contributed by atoms with Crippen molar-refractivity contribution in [3.63, 3.8) is 0 Å². The highest BCUT2D eigenvalue weighted by Crippen LogP contribution is 2.10. The van der Waals surface area contributed by atoms with Gasteiger partial charge in [-0.2, -0.15) is 4.99 Å². The minimum atomic E-state index is -0.242. The molecule has 0 spiro atoms. The van der Waals surface area contributed by atoms with Crippen LogP contribution < -0.4 is 10.1 Å². The van der Waals surface area contributed by atoms with Crippen molar-refractivity contribution in [2.45, 2.75) is 13.0 Å². The number of rotatable bonds is 3. The van der Waals surface area contributed by atoms with Crippen molar-refractivity contribution in [1.82, 2.24) is 9.88 Å². The summed E-state index contributed by atoms with van der Waals surface area (Å²) in [6.45, 7) is 1.94. The molecule has 2 heterocycles. The van der Waals surface area contributed by atoms with Gasteiger partial charge in [0.15, 0.2) is 4.80 Å². The second-order valence-electron chi connectivity index (χ2n) is 5.04. The molecule has 0 radical (unpaired) electrons. The van der Waals surface area contributed by atoms with Gasteiger partial charge in [-0.25, -0.2) is 4.39 Å². The Kier molecular flexibility index (Phi) is 4.26. The Morgan fingerprint density at radius 1 is 1.48 bits per heavy atom. The highest BCUT2D eigenvalue weighted by Gasteiger charge is 2.21. The first-order chi connectivity index (χ1) is 10.2. The summed E-state index contributed by atoms with van der Waals surface area (Å²) in [4.78, 5) is 16.9. The molecule has 1 aliphatic heterocycles. The van der Waals surface area contributed by atoms with Crippen molar-refractivity contribution in [1.29, 1.82) is 0 Å². The van der Waals surface area contributed by atoms with Crippen LogP contribution in [-0.4, -0.2) is 23.6 Å². The van der Waals surface area contributed by atoms with Gasteiger partial charge in [-0.05, 0) is 19.0 Å². The first-order valence-electron chi connectivity index (χ1n) is 6.90. The highest BCUT2D eigenvalue weighted by molar-refractivity contribution is 7.07. The van der Waals surface area contributed by atoms with E-state index in [1.54, 1.807) is 18.2 Å². The highest BCUT2D eigenvalue weighted by atomic mass is 32.1. The van der Waals surface area contributed by atoms with Gasteiger partial charge in [-0.1, -0.05) is 18.2 Å². The molecule has 110 valence electrons. The van der Waals surface area contributed by atoms with Crippen LogP contribution >= 0.6 is 11.3 Å². The lowest BCUT2D eigenvalue weighted by molar-refractivity contribution is -0.121. The van der Waals surface area contributed by atoms with Gasteiger partial charge in [-0.15, -0.1) is 11.3 Å². The fraction of sp³-hybridized carbons (Fsp3) is 0.333. The summed E-state index contributed by atoms with van der Waals surface area (Å²) < 4.78 is 15.5. The van der Waals surface area contributed by atoms with Crippen LogP contribution in [0.2, 0.25) is 0 Å². The van der Waals surface area contributed by atoms with Crippen LogP contribution in [0.4, 0.5) is 4.39 Å². The first-order valence-corrected chi connectivity index (χ1v) is 7.78. The Labute approximate surface area is 126 Å². The summed E-state index contributed by atoms with van der Waals surface area (Å²) in [5, 5.41) is 5.02. The van der Waals surface area contributed by atoms with Crippen LogP contribution in [0.3, 0.4) is 0 Å². The van der Waals surface area contributed by atoms with Gasteiger partial charge in [-0.3, -0.25) is 4.79 Å². The van der Waals surface area contributed by atoms with Crippen LogP contribution in [-0.2, 0) is 11.3 Å². The fourth-order valence-corrected chi connectivity index (χ4v) is 3.10. The van der Waals surface area contributed by atoms with E-state index in [-0.39, 0.29) is 17.6 Å². The Morgan fingerprint density at radius 3 is 3.10 bits per heavy atom. The summed E-state index contributed by atoms with van der Waals surface area (Å²) in [7, 11) is 0. The van der Waals surface area contributed by atoms with Crippen molar-refractivity contribution in [3.05, 3.63) is 52.0 Å². The second-order valence-corrected chi connectivity index (χ2v) is 5.92. The summed E-state index contributed by atoms with van der Waals surface area (Å²) in [5.74, 6) is -0.368. The molecule has 1 amide bonds. The molecule has 0 bridgehead atoms. The number of carbonyl (C=O) groups is 1. The minimum Gasteiger partial charge on any atom is -0.319 e. The first kappa shape index (κ1) is 14.2. The van der Waals surface area contributed by atoms with Crippen LogP contribution in [0.1, 0.15) is 12.0 Å². The fourth-order valence-electron chi connectivity index (χ4n) is 2.37. The minimum absolute atomic E-state index is 0.0333. The molecule has 3 rings (SSSR count). The molecule has 0 aliphatic carbocycles. The van der Waals surface area contributed by atoms with E-state index in [2.05, 4.69) is 10.3 Å². The topological polar surface area (TPSA) is 46.4 Å². The van der Waals surface area contributed by atoms with E-state index in [4.69, 9.17) is 0 Å². The van der Waals surface area contributed by atoms with E-state index >= 15 is 0 Å². The molecular weight excluding hydrogens is 289 g/mol. The van der Waals surface area contributed by atoms with Crippen molar-refractivity contribution < 1.29 is 9.18 Å². The third-order valence-electron chi connectivity index (χ3n) is 3.57. The number of benzene rings is 1. The smallest absolute Gasteiger partial charge is 0.252 e. The number of thiazole rings is 1. The lowest BCUT2D eigenvalue weighted by atomic mass is 10.1. The van der Waals surface area contributed by atoms with Crippen LogP contribution in [0.5, 0.6) is 0 Å². The number of carbonyl (C=O) groups excluding carboxylic acids is 1. The van der Waals surface area contributed by atoms with E-state index in [1.165, 1.54) is 17.4 Å². The number of aromatic nitrogens is 1. The largest absolute Gasteiger partial charge is 0.319 e. The number of amides is 1. The maximum Gasteiger partial charge on any atom is 0.252 e. The molecule has 6 heteroatoms. The Bertz CT molecular complexity index is 701. The maximum absolute atomic E-state index is 13.7. The molecular formula is C15H16FN3OS. The standard InChI is InChI=1S/C15H16FN3OS/c16-13-4-2-1-3-12(13)10-19-7-8-21-15(19)18-14(20)11-5-6-17-9-11/h1-4,7-8,11,17H,5-6,9-10H2. The van der Waals surface area contributed by atoms with Crippen LogP contribution in [0.25, 0.3) is 0 Å². The lowest BCUT2D eigenvalue weighted by Crippen LogP contribution is -2.22. The third kappa shape index (κ3) is 3.28. The summed E-state index contributed by atoms with van der Waals surface area (Å²) in [6, 6.07) is 6.65. The Balaban J connectivity index is 1.84. The van der Waals surface area contributed by atoms with E-state index in [9.17, 15) is 9.18 Å². The lowest BCUT2D eigenvalue weighted by Gasteiger charge is -2.05. The van der Waals surface area contributed by atoms with Crippen LogP contribution in [0.15, 0.2) is 40.8 Å². The molecule has 2 aromatic rings. The zero-order chi connectivity index (χ0) is 14.7. The van der Waals surface area contributed by atoms with Gasteiger partial charge in [0.25, 0.3) is 5.91 Å². The summed E-state index contributed by atoms with van der Waals surface area (Å²) in [5.41, 5.74) is 0.590. The molecule has 1 saturated heterocycles. The van der Waals surface area contributed by atoms with Crippen LogP contribution in [0, 0.1) is 11.7 Å². The summed E-state index contributed by atoms with van der Waals surface area (Å²) >= 11 is 1.39. The zero-order valence-electron chi connectivity index (χ0n) is 11.5. The van der Waals surface area contributed by atoms with Crippen molar-refractivity contribution in [2.24, 2.45) is 10.9 Å². The molecule has 1 N–H and O–H groups in total. The molecule has 1 aromatic carbocycles. The number of nitrogens with one attached hydrogen (secondary N) is 1. The van der Waals surface area contributed by atoms with E-state index in [0.717, 1.165) is 13.0 Å². The molecule has 1 aromatic heterocycles. The van der Waals surface area contributed by atoms with Crippen molar-refractivity contribution >= 4 is 17.2 Å². The molecule has 1 aliphatic rings. The predicted molar refractivity (Wildman–Crippen MR) is 79.4 cm³/mol. The molecule has 1 fully saturated rings. The molecule has 4 nitrogen and oxygen atoms in total. The van der Waals surface area contributed by atoms with Gasteiger partial charge in [0.05, 0.1) is 12.5 Å². The number of hydrogen-bond acceptors (Lipinski definition) is 3. The number of hydrogen-bond donors (Lipinski definition) is 1. The van der Waals surface area contributed by atoms with Gasteiger partial charge >= 0.3 is 0 Å².